The Kier molecular flexibility index (Phi) is 9.91. The molecule has 4 atom stereocenters. The lowest BCUT2D eigenvalue weighted by Gasteiger charge is -2.30. The number of methoxy groups -OCH3 is 2. The highest BCUT2D eigenvalue weighted by atomic mass is 19.1. The number of alkyl carbamates (subject to hydrolysis) is 2. The molecule has 0 radical (unpaired) electrons. The van der Waals surface area contributed by atoms with E-state index < -0.39 is 36.9 Å². The molecule has 4 N–H and O–H groups in total. The Balaban J connectivity index is 0.955. The van der Waals surface area contributed by atoms with E-state index in [1.807, 2.05) is 61.2 Å². The molecule has 2 saturated heterocycles. The van der Waals surface area contributed by atoms with Crippen molar-refractivity contribution in [2.24, 2.45) is 16.7 Å². The Morgan fingerprint density at radius 3 is 2.05 bits per heavy atom. The van der Waals surface area contributed by atoms with Crippen LogP contribution in [-0.4, -0.2) is 99.8 Å². The molecule has 2 spiro atoms. The molecule has 0 unspecified atom stereocenters. The molecule has 4 heterocycles. The maximum absolute atomic E-state index is 13.9. The molecule has 2 aromatic carbocycles. The molecule has 0 bridgehead atoms. The summed E-state index contributed by atoms with van der Waals surface area (Å²) in [6.45, 7) is 3.90. The predicted octanol–water partition coefficient (Wildman–Crippen LogP) is 5.53. The number of ether oxygens (including phenoxy) is 2. The molecule has 14 nitrogen and oxygen atoms in total. The van der Waals surface area contributed by atoms with E-state index in [0.29, 0.717) is 18.9 Å². The fourth-order valence-electron chi connectivity index (χ4n) is 8.38. The van der Waals surface area contributed by atoms with Gasteiger partial charge in [0.15, 0.2) is 0 Å². The summed E-state index contributed by atoms with van der Waals surface area (Å²) in [5.74, 6) is 7.11. The number of nitrogens with zero attached hydrogens (tertiary/aromatic N) is 4. The van der Waals surface area contributed by atoms with Crippen molar-refractivity contribution in [2.45, 2.75) is 76.5 Å². The number of benzene rings is 2. The summed E-state index contributed by atoms with van der Waals surface area (Å²) in [5, 5.41) is 5.04. The van der Waals surface area contributed by atoms with Gasteiger partial charge in [-0.1, -0.05) is 37.8 Å². The van der Waals surface area contributed by atoms with Crippen LogP contribution in [0.3, 0.4) is 0 Å². The van der Waals surface area contributed by atoms with Gasteiger partial charge in [0.1, 0.15) is 30.4 Å². The first-order chi connectivity index (χ1) is 27.4. The normalized spacial score (nSPS) is 20.9. The number of hydrogen-bond donors (Lipinski definition) is 4. The van der Waals surface area contributed by atoms with Gasteiger partial charge in [-0.3, -0.25) is 9.59 Å². The summed E-state index contributed by atoms with van der Waals surface area (Å²) in [5.41, 5.74) is 5.01. The second kappa shape index (κ2) is 14.9. The van der Waals surface area contributed by atoms with Crippen molar-refractivity contribution in [3.05, 3.63) is 71.4 Å². The third kappa shape index (κ3) is 7.65. The number of carbonyl (C=O) groups is 4. The predicted molar refractivity (Wildman–Crippen MR) is 207 cm³/mol. The Morgan fingerprint density at radius 2 is 1.44 bits per heavy atom. The van der Waals surface area contributed by atoms with E-state index in [9.17, 15) is 23.6 Å². The summed E-state index contributed by atoms with van der Waals surface area (Å²) in [6, 6.07) is 11.0. The van der Waals surface area contributed by atoms with Crippen molar-refractivity contribution in [1.29, 1.82) is 0 Å². The molecular formula is C42H47FN8O6. The van der Waals surface area contributed by atoms with E-state index >= 15 is 0 Å². The van der Waals surface area contributed by atoms with Crippen molar-refractivity contribution in [1.82, 2.24) is 40.4 Å². The van der Waals surface area contributed by atoms with Crippen LogP contribution >= 0.6 is 0 Å². The highest BCUT2D eigenvalue weighted by Crippen LogP contribution is 2.59. The van der Waals surface area contributed by atoms with Gasteiger partial charge in [-0.25, -0.2) is 23.9 Å². The van der Waals surface area contributed by atoms with Crippen molar-refractivity contribution >= 4 is 35.0 Å². The first-order valence-corrected chi connectivity index (χ1v) is 19.5. The largest absolute Gasteiger partial charge is 0.453 e. The monoisotopic (exact) mass is 778 g/mol. The maximum atomic E-state index is 13.9. The molecular weight excluding hydrogens is 732 g/mol. The number of fused-ring (bicyclic) bond motifs is 1. The van der Waals surface area contributed by atoms with Gasteiger partial charge in [0.25, 0.3) is 0 Å². The summed E-state index contributed by atoms with van der Waals surface area (Å²) >= 11 is 0. The SMILES string of the molecule is COC(=O)N[C@@H](CF)C(=O)N1CC2(CC2)C[C@H]1c1ncc(-c2ccc(C#Cc3ccc4nc([C@@H]5CC6(CC6)CN5C(=O)[C@@H](NC(=O)OC)C(C)C)[nH]c4c3)cc2)[nH]1. The minimum atomic E-state index is -1.33. The fraction of sp³-hybridized carbons (Fsp3) is 0.476. The number of carbonyl (C=O) groups excluding carboxylic acids is 4. The zero-order valence-electron chi connectivity index (χ0n) is 32.5. The number of nitrogens with one attached hydrogen (secondary N) is 4. The fourth-order valence-corrected chi connectivity index (χ4v) is 8.38. The topological polar surface area (TPSA) is 175 Å². The average molecular weight is 779 g/mol. The number of hydrogen-bond acceptors (Lipinski definition) is 8. The number of imidazole rings is 2. The third-order valence-corrected chi connectivity index (χ3v) is 12.1. The number of halogens is 1. The number of H-pyrrole nitrogens is 2. The third-order valence-electron chi connectivity index (χ3n) is 12.1. The quantitative estimate of drug-likeness (QED) is 0.161. The van der Waals surface area contributed by atoms with E-state index in [-0.39, 0.29) is 34.7 Å². The van der Waals surface area contributed by atoms with E-state index in [2.05, 4.69) is 42.2 Å². The lowest BCUT2D eigenvalue weighted by Crippen LogP contribution is -2.51. The smallest absolute Gasteiger partial charge is 0.407 e. The molecule has 2 aromatic heterocycles. The van der Waals surface area contributed by atoms with Crippen LogP contribution in [0, 0.1) is 28.6 Å². The molecule has 298 valence electrons. The maximum Gasteiger partial charge on any atom is 0.407 e. The summed E-state index contributed by atoms with van der Waals surface area (Å²) in [6.07, 6.45) is 5.90. The zero-order valence-corrected chi connectivity index (χ0v) is 32.5. The highest BCUT2D eigenvalue weighted by Gasteiger charge is 2.56. The van der Waals surface area contributed by atoms with Crippen molar-refractivity contribution in [3.8, 4) is 23.1 Å². The van der Waals surface area contributed by atoms with Gasteiger partial charge in [0, 0.05) is 24.2 Å². The van der Waals surface area contributed by atoms with Gasteiger partial charge < -0.3 is 39.9 Å². The standard InChI is InChI=1S/C42H47FN8O6/c1-24(2)34(49-40(55)57-4)38(53)51-23-42(15-16-42)19-33(51)36-45-28-12-9-26(17-29(28)46-36)6-5-25-7-10-27(11-8-25)31-21-44-35(47-31)32-18-41(13-14-41)22-50(32)37(52)30(20-43)48-39(54)56-3/h7-12,17,21,24,30,32-34H,13-16,18-20,22-23H2,1-4H3,(H,44,47)(H,45,46)(H,48,54)(H,49,55)/t30-,32-,33-,34-/m0/s1. The van der Waals surface area contributed by atoms with E-state index in [0.717, 1.165) is 77.8 Å². The lowest BCUT2D eigenvalue weighted by molar-refractivity contribution is -0.136. The number of aromatic nitrogens is 4. The highest BCUT2D eigenvalue weighted by molar-refractivity contribution is 5.87. The number of amides is 4. The second-order valence-corrected chi connectivity index (χ2v) is 16.4. The molecule has 2 aliphatic carbocycles. The second-order valence-electron chi connectivity index (χ2n) is 16.4. The minimum Gasteiger partial charge on any atom is -0.453 e. The van der Waals surface area contributed by atoms with Crippen molar-refractivity contribution < 1.29 is 33.0 Å². The van der Waals surface area contributed by atoms with Crippen LogP contribution in [0.5, 0.6) is 0 Å². The summed E-state index contributed by atoms with van der Waals surface area (Å²) < 4.78 is 23.3. The minimum absolute atomic E-state index is 0.00393. The van der Waals surface area contributed by atoms with Crippen LogP contribution < -0.4 is 10.6 Å². The van der Waals surface area contributed by atoms with Gasteiger partial charge >= 0.3 is 12.2 Å². The Bertz CT molecular complexity index is 2270. The summed E-state index contributed by atoms with van der Waals surface area (Å²) in [4.78, 5) is 71.0. The van der Waals surface area contributed by atoms with Crippen LogP contribution in [-0.2, 0) is 19.1 Å². The molecule has 2 aliphatic heterocycles. The van der Waals surface area contributed by atoms with Gasteiger partial charge in [-0.2, -0.15) is 0 Å². The average Bonchev–Trinajstić information content (AvgIpc) is 3.83. The molecule has 4 aliphatic rings. The first-order valence-electron chi connectivity index (χ1n) is 19.5. The Morgan fingerprint density at radius 1 is 0.842 bits per heavy atom. The van der Waals surface area contributed by atoms with Gasteiger partial charge in [-0.05, 0) is 91.2 Å². The lowest BCUT2D eigenvalue weighted by atomic mass is 10.0. The van der Waals surface area contributed by atoms with Crippen LogP contribution in [0.4, 0.5) is 14.0 Å². The molecule has 4 aromatic rings. The van der Waals surface area contributed by atoms with Gasteiger partial charge in [-0.15, -0.1) is 0 Å². The molecule has 57 heavy (non-hydrogen) atoms. The molecule has 4 fully saturated rings. The van der Waals surface area contributed by atoms with Crippen LogP contribution in [0.25, 0.3) is 22.3 Å². The zero-order chi connectivity index (χ0) is 40.1. The van der Waals surface area contributed by atoms with Crippen LogP contribution in [0.2, 0.25) is 0 Å². The molecule has 15 heteroatoms. The van der Waals surface area contributed by atoms with E-state index in [1.165, 1.54) is 14.2 Å². The molecule has 2 saturated carbocycles. The van der Waals surface area contributed by atoms with Crippen molar-refractivity contribution in [2.75, 3.05) is 34.0 Å². The number of alkyl halides is 1. The van der Waals surface area contributed by atoms with Crippen LogP contribution in [0.15, 0.2) is 48.7 Å². The summed E-state index contributed by atoms with van der Waals surface area (Å²) in [7, 11) is 2.46. The Labute approximate surface area is 329 Å². The van der Waals surface area contributed by atoms with Gasteiger partial charge in [0.05, 0.1) is 49.2 Å². The molecule has 4 amide bonds. The first kappa shape index (κ1) is 38.0. The Hall–Kier alpha value is -5.91. The van der Waals surface area contributed by atoms with E-state index in [1.54, 1.807) is 11.1 Å². The number of rotatable bonds is 9. The van der Waals surface area contributed by atoms with Crippen LogP contribution in [0.1, 0.15) is 87.2 Å². The number of likely N-dealkylation sites (tertiary alicyclic amines) is 2. The van der Waals surface area contributed by atoms with Crippen molar-refractivity contribution in [3.63, 3.8) is 0 Å². The van der Waals surface area contributed by atoms with Gasteiger partial charge in [0.2, 0.25) is 11.8 Å². The van der Waals surface area contributed by atoms with E-state index in [4.69, 9.17) is 9.72 Å². The number of aromatic amines is 2. The molecule has 8 rings (SSSR count).